The zero-order valence-corrected chi connectivity index (χ0v) is 12.7. The van der Waals surface area contributed by atoms with E-state index in [1.807, 2.05) is 0 Å². The first-order valence-corrected chi connectivity index (χ1v) is 6.79. The predicted octanol–water partition coefficient (Wildman–Crippen LogP) is 4.20. The Morgan fingerprint density at radius 1 is 1.39 bits per heavy atom. The Morgan fingerprint density at radius 3 is 2.67 bits per heavy atom. The third-order valence-corrected chi connectivity index (χ3v) is 3.66. The van der Waals surface area contributed by atoms with E-state index in [4.69, 9.17) is 11.6 Å². The molecular formula is C13H9BrClFNP. The van der Waals surface area contributed by atoms with E-state index < -0.39 is 0 Å². The van der Waals surface area contributed by atoms with Crippen molar-refractivity contribution in [3.05, 3.63) is 63.6 Å². The number of pyridine rings is 1. The molecule has 0 amide bonds. The maximum Gasteiger partial charge on any atom is 0.144 e. The lowest BCUT2D eigenvalue weighted by Crippen LogP contribution is -2.02. The standard InChI is InChI=1S/C13H9BrClFNP/c1-7(11-3-2-9(15)6-17-11)8-4-10(14)13(16)12(18)5-8/h2-6H,1,18H2. The van der Waals surface area contributed by atoms with Crippen molar-refractivity contribution in [1.29, 1.82) is 0 Å². The van der Waals surface area contributed by atoms with Gasteiger partial charge in [0.25, 0.3) is 0 Å². The first-order chi connectivity index (χ1) is 8.49. The molecule has 18 heavy (non-hydrogen) atoms. The highest BCUT2D eigenvalue weighted by Gasteiger charge is 2.10. The van der Waals surface area contributed by atoms with Crippen LogP contribution < -0.4 is 5.30 Å². The second kappa shape index (κ2) is 5.48. The van der Waals surface area contributed by atoms with Gasteiger partial charge < -0.3 is 0 Å². The highest BCUT2D eigenvalue weighted by atomic mass is 79.9. The van der Waals surface area contributed by atoms with Gasteiger partial charge in [0.05, 0.1) is 15.2 Å². The Morgan fingerprint density at radius 2 is 2.11 bits per heavy atom. The lowest BCUT2D eigenvalue weighted by Gasteiger charge is -2.08. The van der Waals surface area contributed by atoms with Gasteiger partial charge in [0.2, 0.25) is 0 Å². The highest BCUT2D eigenvalue weighted by molar-refractivity contribution is 9.10. The average molecular weight is 345 g/mol. The van der Waals surface area contributed by atoms with Crippen molar-refractivity contribution in [2.45, 2.75) is 0 Å². The van der Waals surface area contributed by atoms with Crippen molar-refractivity contribution in [2.75, 3.05) is 0 Å². The van der Waals surface area contributed by atoms with Crippen LogP contribution in [0, 0.1) is 5.82 Å². The molecule has 1 nitrogen and oxygen atoms in total. The summed E-state index contributed by atoms with van der Waals surface area (Å²) in [4.78, 5) is 4.19. The topological polar surface area (TPSA) is 12.9 Å². The number of hydrogen-bond donors (Lipinski definition) is 0. The molecule has 0 N–H and O–H groups in total. The van der Waals surface area contributed by atoms with Crippen molar-refractivity contribution in [1.82, 2.24) is 4.98 Å². The summed E-state index contributed by atoms with van der Waals surface area (Å²) < 4.78 is 13.9. The monoisotopic (exact) mass is 343 g/mol. The van der Waals surface area contributed by atoms with Crippen molar-refractivity contribution in [2.24, 2.45) is 0 Å². The minimum Gasteiger partial charge on any atom is -0.255 e. The maximum absolute atomic E-state index is 13.5. The van der Waals surface area contributed by atoms with E-state index in [9.17, 15) is 4.39 Å². The van der Waals surface area contributed by atoms with Crippen LogP contribution in [-0.2, 0) is 0 Å². The Bertz CT molecular complexity index is 590. The first kappa shape index (κ1) is 13.7. The van der Waals surface area contributed by atoms with E-state index >= 15 is 0 Å². The quantitative estimate of drug-likeness (QED) is 0.744. The number of halogens is 3. The molecule has 1 aromatic heterocycles. The van der Waals surface area contributed by atoms with Gasteiger partial charge in [-0.1, -0.05) is 18.2 Å². The summed E-state index contributed by atoms with van der Waals surface area (Å²) in [5.74, 6) is -0.291. The Hall–Kier alpha value is -0.760. The van der Waals surface area contributed by atoms with Crippen LogP contribution in [0.3, 0.4) is 0 Å². The molecule has 1 heterocycles. The van der Waals surface area contributed by atoms with Crippen molar-refractivity contribution in [3.8, 4) is 0 Å². The van der Waals surface area contributed by atoms with Gasteiger partial charge in [-0.15, -0.1) is 9.24 Å². The fraction of sp³-hybridized carbons (Fsp3) is 0. The Balaban J connectivity index is 2.43. The predicted molar refractivity (Wildman–Crippen MR) is 80.8 cm³/mol. The largest absolute Gasteiger partial charge is 0.255 e. The summed E-state index contributed by atoms with van der Waals surface area (Å²) in [6, 6.07) is 6.92. The lowest BCUT2D eigenvalue weighted by atomic mass is 10.0. The molecule has 0 aliphatic heterocycles. The van der Waals surface area contributed by atoms with Gasteiger partial charge in [0.1, 0.15) is 5.82 Å². The van der Waals surface area contributed by atoms with E-state index in [1.165, 1.54) is 0 Å². The van der Waals surface area contributed by atoms with E-state index in [0.29, 0.717) is 20.5 Å². The number of benzene rings is 1. The zero-order chi connectivity index (χ0) is 13.3. The molecular weight excluding hydrogens is 335 g/mol. The number of rotatable bonds is 2. The van der Waals surface area contributed by atoms with Crippen molar-refractivity contribution >= 4 is 47.6 Å². The van der Waals surface area contributed by atoms with Crippen LogP contribution in [0.2, 0.25) is 5.02 Å². The van der Waals surface area contributed by atoms with E-state index in [-0.39, 0.29) is 5.82 Å². The van der Waals surface area contributed by atoms with Crippen LogP contribution in [0.5, 0.6) is 0 Å². The Kier molecular flexibility index (Phi) is 4.16. The van der Waals surface area contributed by atoms with E-state index in [2.05, 4.69) is 36.7 Å². The van der Waals surface area contributed by atoms with Crippen LogP contribution in [0.15, 0.2) is 41.5 Å². The summed E-state index contributed by atoms with van der Waals surface area (Å²) in [5.41, 5.74) is 2.24. The third-order valence-electron chi connectivity index (χ3n) is 2.44. The average Bonchev–Trinajstić information content (AvgIpc) is 2.35. The number of aromatic nitrogens is 1. The summed E-state index contributed by atoms with van der Waals surface area (Å²) in [6.07, 6.45) is 1.56. The molecule has 0 saturated heterocycles. The van der Waals surface area contributed by atoms with E-state index in [1.54, 1.807) is 30.5 Å². The molecule has 5 heteroatoms. The summed E-state index contributed by atoms with van der Waals surface area (Å²) in [7, 11) is 2.36. The van der Waals surface area contributed by atoms with Crippen LogP contribution in [-0.4, -0.2) is 4.98 Å². The second-order valence-electron chi connectivity index (χ2n) is 3.70. The van der Waals surface area contributed by atoms with Gasteiger partial charge in [-0.25, -0.2) is 4.39 Å². The summed E-state index contributed by atoms with van der Waals surface area (Å²) >= 11 is 8.96. The fourth-order valence-electron chi connectivity index (χ4n) is 1.49. The minimum absolute atomic E-state index is 0.291. The third kappa shape index (κ3) is 2.80. The van der Waals surface area contributed by atoms with Gasteiger partial charge in [-0.3, -0.25) is 4.98 Å². The molecule has 1 atom stereocenters. The van der Waals surface area contributed by atoms with Crippen LogP contribution in [0.1, 0.15) is 11.3 Å². The number of nitrogens with zero attached hydrogens (tertiary/aromatic N) is 1. The normalized spacial score (nSPS) is 10.4. The molecule has 0 saturated carbocycles. The van der Waals surface area contributed by atoms with Crippen LogP contribution in [0.4, 0.5) is 4.39 Å². The van der Waals surface area contributed by atoms with E-state index in [0.717, 1.165) is 11.1 Å². The van der Waals surface area contributed by atoms with Crippen LogP contribution >= 0.6 is 36.8 Å². The zero-order valence-electron chi connectivity index (χ0n) is 9.25. The molecule has 0 spiro atoms. The number of hydrogen-bond acceptors (Lipinski definition) is 1. The van der Waals surface area contributed by atoms with Crippen LogP contribution in [0.25, 0.3) is 5.57 Å². The second-order valence-corrected chi connectivity index (χ2v) is 5.61. The molecule has 0 aliphatic carbocycles. The molecule has 92 valence electrons. The van der Waals surface area contributed by atoms with Crippen molar-refractivity contribution < 1.29 is 4.39 Å². The van der Waals surface area contributed by atoms with Gasteiger partial charge in [-0.2, -0.15) is 0 Å². The first-order valence-electron chi connectivity index (χ1n) is 5.05. The van der Waals surface area contributed by atoms with Crippen molar-refractivity contribution in [3.63, 3.8) is 0 Å². The maximum atomic E-state index is 13.5. The molecule has 1 unspecified atom stereocenters. The fourth-order valence-corrected chi connectivity index (χ4v) is 2.62. The SMILES string of the molecule is C=C(c1cc(P)c(F)c(Br)c1)c1ccc(Cl)cn1. The molecule has 0 aliphatic rings. The molecule has 1 aromatic carbocycles. The van der Waals surface area contributed by atoms with Gasteiger partial charge in [-0.05, 0) is 45.8 Å². The highest BCUT2D eigenvalue weighted by Crippen LogP contribution is 2.25. The van der Waals surface area contributed by atoms with Gasteiger partial charge >= 0.3 is 0 Å². The van der Waals surface area contributed by atoms with Gasteiger partial charge in [0.15, 0.2) is 0 Å². The lowest BCUT2D eigenvalue weighted by molar-refractivity contribution is 0.630. The van der Waals surface area contributed by atoms with Gasteiger partial charge in [0, 0.05) is 17.1 Å². The molecule has 2 rings (SSSR count). The summed E-state index contributed by atoms with van der Waals surface area (Å²) in [6.45, 7) is 3.98. The molecule has 0 fully saturated rings. The molecule has 0 radical (unpaired) electrons. The molecule has 2 aromatic rings. The smallest absolute Gasteiger partial charge is 0.144 e. The Labute approximate surface area is 120 Å². The molecule has 0 bridgehead atoms. The summed E-state index contributed by atoms with van der Waals surface area (Å²) in [5, 5.41) is 1.05. The minimum atomic E-state index is -0.291.